The molecule has 0 spiro atoms. The molecule has 2 N–H and O–H groups in total. The predicted molar refractivity (Wildman–Crippen MR) is 22.3 cm³/mol. The second-order valence-electron chi connectivity index (χ2n) is 0.550. The molecule has 3 nitrogen and oxygen atoms in total. The van der Waals surface area contributed by atoms with Gasteiger partial charge in [-0.1, -0.05) is 0 Å². The van der Waals surface area contributed by atoms with Crippen molar-refractivity contribution in [2.24, 2.45) is 0 Å². The Morgan fingerprint density at radius 1 is 1.71 bits per heavy atom. The Morgan fingerprint density at radius 3 is 1.71 bits per heavy atom. The molecule has 0 saturated carbocycles. The van der Waals surface area contributed by atoms with Crippen molar-refractivity contribution in [3.8, 4) is 0 Å². The molecule has 0 bridgehead atoms. The van der Waals surface area contributed by atoms with Gasteiger partial charge in [0, 0.05) is 0 Å². The summed E-state index contributed by atoms with van der Waals surface area (Å²) in [6.07, 6.45) is -1.83. The highest BCUT2D eigenvalue weighted by atomic mass is 19.1. The maximum atomic E-state index is 10.3. The highest BCUT2D eigenvalue weighted by Gasteiger charge is 1.70. The Balaban J connectivity index is 0. The normalized spacial score (nSPS) is 6.00. The molecule has 0 aromatic rings. The van der Waals surface area contributed by atoms with Gasteiger partial charge in [0.25, 0.3) is 0 Å². The van der Waals surface area contributed by atoms with Crippen LogP contribution in [0.3, 0.4) is 0 Å². The first-order valence-corrected chi connectivity index (χ1v) is 1.63. The number of hydrogen-bond donors (Lipinski definition) is 2. The quantitative estimate of drug-likeness (QED) is 0.492. The van der Waals surface area contributed by atoms with Crippen molar-refractivity contribution < 1.29 is 19.4 Å². The minimum absolute atomic E-state index is 0.250. The van der Waals surface area contributed by atoms with Crippen LogP contribution in [0.1, 0.15) is 6.92 Å². The third kappa shape index (κ3) is 83.2. The molecular formula is C3H7FO3. The molecule has 0 fully saturated rings. The third-order valence-corrected chi connectivity index (χ3v) is 0. The van der Waals surface area contributed by atoms with E-state index in [0.29, 0.717) is 0 Å². The number of carbonyl (C=O) groups is 1. The van der Waals surface area contributed by atoms with Crippen molar-refractivity contribution in [2.75, 3.05) is 6.67 Å². The van der Waals surface area contributed by atoms with E-state index < -0.39 is 6.16 Å². The molecule has 4 heteroatoms. The molecule has 0 saturated heterocycles. The fraction of sp³-hybridized carbons (Fsp3) is 0.667. The van der Waals surface area contributed by atoms with E-state index in [4.69, 9.17) is 15.0 Å². The molecule has 0 unspecified atom stereocenters. The minimum atomic E-state index is -1.83. The van der Waals surface area contributed by atoms with E-state index in [-0.39, 0.29) is 6.67 Å². The molecule has 44 valence electrons. The molecule has 0 aromatic carbocycles. The summed E-state index contributed by atoms with van der Waals surface area (Å²) in [5.41, 5.74) is 0. The zero-order chi connectivity index (χ0) is 6.28. The van der Waals surface area contributed by atoms with Crippen LogP contribution in [-0.2, 0) is 0 Å². The number of carboxylic acid groups (broad SMARTS) is 2. The minimum Gasteiger partial charge on any atom is -0.450 e. The lowest BCUT2D eigenvalue weighted by Gasteiger charge is -1.60. The molecule has 0 rings (SSSR count). The zero-order valence-corrected chi connectivity index (χ0v) is 3.89. The van der Waals surface area contributed by atoms with Crippen molar-refractivity contribution in [1.29, 1.82) is 0 Å². The van der Waals surface area contributed by atoms with E-state index in [1.54, 1.807) is 0 Å². The first-order chi connectivity index (χ1) is 3.15. The van der Waals surface area contributed by atoms with Crippen molar-refractivity contribution in [1.82, 2.24) is 0 Å². The van der Waals surface area contributed by atoms with E-state index in [2.05, 4.69) is 0 Å². The summed E-state index contributed by atoms with van der Waals surface area (Å²) in [7, 11) is 0. The van der Waals surface area contributed by atoms with Crippen LogP contribution in [0, 0.1) is 0 Å². The second kappa shape index (κ2) is 8.96. The Labute approximate surface area is 40.4 Å². The molecule has 0 aliphatic rings. The van der Waals surface area contributed by atoms with Crippen LogP contribution < -0.4 is 0 Å². The topological polar surface area (TPSA) is 57.5 Å². The molecule has 7 heavy (non-hydrogen) atoms. The zero-order valence-electron chi connectivity index (χ0n) is 3.89. The predicted octanol–water partition coefficient (Wildman–Crippen LogP) is 1.20. The summed E-state index contributed by atoms with van der Waals surface area (Å²) < 4.78 is 10.3. The smallest absolute Gasteiger partial charge is 0.450 e. The lowest BCUT2D eigenvalue weighted by atomic mass is 10.9. The maximum absolute atomic E-state index is 10.3. The lowest BCUT2D eigenvalue weighted by Crippen LogP contribution is -1.81. The van der Waals surface area contributed by atoms with Crippen LogP contribution >= 0.6 is 0 Å². The molecule has 0 aliphatic heterocycles. The third-order valence-electron chi connectivity index (χ3n) is 0. The Kier molecular flexibility index (Phi) is 12.2. The highest BCUT2D eigenvalue weighted by Crippen LogP contribution is 1.48. The van der Waals surface area contributed by atoms with Gasteiger partial charge in [-0.15, -0.1) is 0 Å². The van der Waals surface area contributed by atoms with Gasteiger partial charge in [-0.2, -0.15) is 0 Å². The van der Waals surface area contributed by atoms with Crippen LogP contribution in [0.5, 0.6) is 0 Å². The molecule has 0 atom stereocenters. The van der Waals surface area contributed by atoms with Gasteiger partial charge in [-0.05, 0) is 6.92 Å². The number of halogens is 1. The summed E-state index contributed by atoms with van der Waals surface area (Å²) >= 11 is 0. The number of rotatable bonds is 0. The van der Waals surface area contributed by atoms with Gasteiger partial charge in [-0.3, -0.25) is 4.39 Å². The molecule has 0 radical (unpaired) electrons. The lowest BCUT2D eigenvalue weighted by molar-refractivity contribution is 0.137. The number of hydrogen-bond acceptors (Lipinski definition) is 1. The second-order valence-corrected chi connectivity index (χ2v) is 0.550. The first kappa shape index (κ1) is 9.50. The summed E-state index contributed by atoms with van der Waals surface area (Å²) in [6, 6.07) is 0. The molecule has 0 aliphatic carbocycles. The van der Waals surface area contributed by atoms with Gasteiger partial charge >= 0.3 is 6.16 Å². The van der Waals surface area contributed by atoms with Crippen LogP contribution in [0.25, 0.3) is 0 Å². The summed E-state index contributed by atoms with van der Waals surface area (Å²) in [4.78, 5) is 8.56. The van der Waals surface area contributed by atoms with Gasteiger partial charge in [0.15, 0.2) is 0 Å². The van der Waals surface area contributed by atoms with Crippen molar-refractivity contribution in [3.63, 3.8) is 0 Å². The Morgan fingerprint density at radius 2 is 1.71 bits per heavy atom. The Bertz CT molecular complexity index is 41.4. The van der Waals surface area contributed by atoms with Crippen LogP contribution in [0.15, 0.2) is 0 Å². The highest BCUT2D eigenvalue weighted by molar-refractivity contribution is 5.53. The summed E-state index contributed by atoms with van der Waals surface area (Å²) in [5.74, 6) is 0. The molecule has 0 aromatic heterocycles. The van der Waals surface area contributed by atoms with Crippen LogP contribution in [0.4, 0.5) is 9.18 Å². The Hall–Kier alpha value is -0.800. The van der Waals surface area contributed by atoms with E-state index in [1.165, 1.54) is 6.92 Å². The number of alkyl halides is 1. The fourth-order valence-electron chi connectivity index (χ4n) is 0. The van der Waals surface area contributed by atoms with E-state index in [1.807, 2.05) is 0 Å². The van der Waals surface area contributed by atoms with Gasteiger partial charge in [0.1, 0.15) is 0 Å². The average Bonchev–Trinajstić information content (AvgIpc) is 1.33. The van der Waals surface area contributed by atoms with Crippen molar-refractivity contribution in [3.05, 3.63) is 0 Å². The van der Waals surface area contributed by atoms with Gasteiger partial charge in [0.05, 0.1) is 6.67 Å². The van der Waals surface area contributed by atoms with Crippen molar-refractivity contribution in [2.45, 2.75) is 6.92 Å². The van der Waals surface area contributed by atoms with Gasteiger partial charge < -0.3 is 10.2 Å². The van der Waals surface area contributed by atoms with E-state index >= 15 is 0 Å². The van der Waals surface area contributed by atoms with Gasteiger partial charge in [0.2, 0.25) is 0 Å². The fourth-order valence-corrected chi connectivity index (χ4v) is 0. The van der Waals surface area contributed by atoms with Crippen LogP contribution in [-0.4, -0.2) is 23.0 Å². The van der Waals surface area contributed by atoms with E-state index in [9.17, 15) is 4.39 Å². The van der Waals surface area contributed by atoms with Gasteiger partial charge in [-0.25, -0.2) is 4.79 Å². The van der Waals surface area contributed by atoms with Crippen molar-refractivity contribution >= 4 is 6.16 Å². The average molecular weight is 110 g/mol. The monoisotopic (exact) mass is 110 g/mol. The van der Waals surface area contributed by atoms with Crippen LogP contribution in [0.2, 0.25) is 0 Å². The molecular weight excluding hydrogens is 103 g/mol. The molecule has 0 heterocycles. The first-order valence-electron chi connectivity index (χ1n) is 1.63. The summed E-state index contributed by atoms with van der Waals surface area (Å²) in [6.45, 7) is 1.21. The maximum Gasteiger partial charge on any atom is 0.503 e. The SMILES string of the molecule is CCF.O=C(O)O. The largest absolute Gasteiger partial charge is 0.503 e. The van der Waals surface area contributed by atoms with E-state index in [0.717, 1.165) is 0 Å². The summed E-state index contributed by atoms with van der Waals surface area (Å²) in [5, 5.41) is 13.9. The standard InChI is InChI=1S/C2H5F.CH2O3/c1-2-3;2-1(3)4/h2H2,1H3;(H2,2,3,4). The molecule has 0 amide bonds.